The summed E-state index contributed by atoms with van der Waals surface area (Å²) in [6, 6.07) is 65.0. The molecule has 0 saturated carbocycles. The van der Waals surface area contributed by atoms with Gasteiger partial charge in [0.2, 0.25) is 5.95 Å². The van der Waals surface area contributed by atoms with Gasteiger partial charge < -0.3 is 0 Å². The van der Waals surface area contributed by atoms with E-state index in [1.807, 2.05) is 0 Å². The zero-order valence-electron chi connectivity index (χ0n) is 28.1. The maximum Gasteiger partial charge on any atom is 0.221 e. The summed E-state index contributed by atoms with van der Waals surface area (Å²) in [4.78, 5) is 10.6. The number of nitrogens with zero attached hydrogens (tertiary/aromatic N) is 4. The van der Waals surface area contributed by atoms with Crippen LogP contribution in [0.3, 0.4) is 0 Å². The highest BCUT2D eigenvalue weighted by atomic mass is 15.2. The number of para-hydroxylation sites is 4. The molecule has 8 aromatic carbocycles. The van der Waals surface area contributed by atoms with Gasteiger partial charge in [-0.1, -0.05) is 127 Å². The molecular weight excluding hydrogens is 633 g/mol. The van der Waals surface area contributed by atoms with E-state index in [9.17, 15) is 0 Å². The second kappa shape index (κ2) is 11.2. The molecule has 0 fully saturated rings. The quantitative estimate of drug-likeness (QED) is 0.188. The van der Waals surface area contributed by atoms with E-state index in [1.165, 1.54) is 54.9 Å². The van der Waals surface area contributed by atoms with Gasteiger partial charge in [-0.05, 0) is 93.4 Å². The van der Waals surface area contributed by atoms with Gasteiger partial charge in [0, 0.05) is 21.5 Å². The molecule has 0 unspecified atom stereocenters. The van der Waals surface area contributed by atoms with Crippen LogP contribution in [0.15, 0.2) is 182 Å². The number of hydrogen-bond acceptors (Lipinski definition) is 2. The molecule has 0 aliphatic heterocycles. The molecule has 11 aromatic rings. The summed E-state index contributed by atoms with van der Waals surface area (Å²) in [5, 5.41) is 5.76. The molecule has 3 heterocycles. The summed E-state index contributed by atoms with van der Waals surface area (Å²) in [5.74, 6) is 0.823. The van der Waals surface area contributed by atoms with Crippen LogP contribution in [0.5, 0.6) is 0 Å². The maximum absolute atomic E-state index is 5.43. The first-order valence-electron chi connectivity index (χ1n) is 17.7. The minimum atomic E-state index is 0.823. The van der Waals surface area contributed by atoms with E-state index in [-0.39, 0.29) is 0 Å². The smallest absolute Gasteiger partial charge is 0.221 e. The monoisotopic (exact) mass is 662 g/mol. The van der Waals surface area contributed by atoms with Crippen molar-refractivity contribution in [2.45, 2.75) is 0 Å². The van der Waals surface area contributed by atoms with Gasteiger partial charge in [0.05, 0.1) is 27.6 Å². The van der Waals surface area contributed by atoms with Gasteiger partial charge in [0.1, 0.15) is 5.65 Å². The first-order chi connectivity index (χ1) is 25.8. The second-order valence-corrected chi connectivity index (χ2v) is 13.4. The Bertz CT molecular complexity index is 3110. The Balaban J connectivity index is 1.28. The van der Waals surface area contributed by atoms with E-state index in [1.54, 1.807) is 0 Å². The number of fused-ring (bicyclic) bond motifs is 10. The molecule has 0 aliphatic carbocycles. The molecule has 0 atom stereocenters. The van der Waals surface area contributed by atoms with Crippen LogP contribution >= 0.6 is 0 Å². The lowest BCUT2D eigenvalue weighted by Gasteiger charge is -2.16. The topological polar surface area (TPSA) is 35.1 Å². The van der Waals surface area contributed by atoms with E-state index in [4.69, 9.17) is 9.97 Å². The van der Waals surface area contributed by atoms with Crippen LogP contribution in [0.2, 0.25) is 0 Å². The average molecular weight is 663 g/mol. The molecule has 3 aromatic heterocycles. The van der Waals surface area contributed by atoms with Crippen LogP contribution in [0.25, 0.3) is 99.5 Å². The second-order valence-electron chi connectivity index (χ2n) is 13.4. The Kier molecular flexibility index (Phi) is 6.22. The maximum atomic E-state index is 5.43. The molecule has 0 spiro atoms. The number of benzene rings is 8. The number of hydrogen-bond donors (Lipinski definition) is 0. The fourth-order valence-corrected chi connectivity index (χ4v) is 8.12. The zero-order chi connectivity index (χ0) is 34.2. The lowest BCUT2D eigenvalue weighted by molar-refractivity contribution is 0.982. The van der Waals surface area contributed by atoms with Gasteiger partial charge in [-0.2, -0.15) is 0 Å². The van der Waals surface area contributed by atoms with E-state index in [2.05, 4.69) is 191 Å². The van der Waals surface area contributed by atoms with Crippen molar-refractivity contribution in [2.24, 2.45) is 0 Å². The van der Waals surface area contributed by atoms with Crippen molar-refractivity contribution in [1.29, 1.82) is 0 Å². The Morgan fingerprint density at radius 2 is 0.885 bits per heavy atom. The zero-order valence-corrected chi connectivity index (χ0v) is 28.1. The van der Waals surface area contributed by atoms with E-state index in [0.29, 0.717) is 0 Å². The molecule has 0 saturated heterocycles. The van der Waals surface area contributed by atoms with Crippen LogP contribution in [-0.4, -0.2) is 18.9 Å². The van der Waals surface area contributed by atoms with Gasteiger partial charge in [0.15, 0.2) is 0 Å². The molecule has 0 N–H and O–H groups in total. The Morgan fingerprint density at radius 1 is 0.346 bits per heavy atom. The fourth-order valence-electron chi connectivity index (χ4n) is 8.12. The van der Waals surface area contributed by atoms with Crippen LogP contribution in [0.4, 0.5) is 0 Å². The van der Waals surface area contributed by atoms with Crippen molar-refractivity contribution in [3.05, 3.63) is 182 Å². The van der Waals surface area contributed by atoms with Gasteiger partial charge in [-0.15, -0.1) is 0 Å². The highest BCUT2D eigenvalue weighted by Crippen LogP contribution is 2.43. The van der Waals surface area contributed by atoms with Crippen LogP contribution < -0.4 is 0 Å². The highest BCUT2D eigenvalue weighted by Gasteiger charge is 2.23. The van der Waals surface area contributed by atoms with Crippen molar-refractivity contribution in [3.63, 3.8) is 0 Å². The number of rotatable bonds is 4. The van der Waals surface area contributed by atoms with Crippen LogP contribution in [0.1, 0.15) is 0 Å². The van der Waals surface area contributed by atoms with E-state index >= 15 is 0 Å². The van der Waals surface area contributed by atoms with E-state index < -0.39 is 0 Å². The molecule has 0 aliphatic rings. The van der Waals surface area contributed by atoms with Crippen LogP contribution in [0, 0.1) is 0 Å². The summed E-state index contributed by atoms with van der Waals surface area (Å²) in [5.41, 5.74) is 13.2. The number of imidazole rings is 1. The first-order valence-corrected chi connectivity index (χ1v) is 17.7. The van der Waals surface area contributed by atoms with Crippen LogP contribution in [-0.2, 0) is 0 Å². The highest BCUT2D eigenvalue weighted by molar-refractivity contribution is 6.22. The molecule has 0 bridgehead atoms. The van der Waals surface area contributed by atoms with Crippen molar-refractivity contribution < 1.29 is 0 Å². The predicted molar refractivity (Wildman–Crippen MR) is 216 cm³/mol. The predicted octanol–water partition coefficient (Wildman–Crippen LogP) is 12.3. The van der Waals surface area contributed by atoms with Crippen molar-refractivity contribution in [3.8, 4) is 39.3 Å². The van der Waals surface area contributed by atoms with Crippen molar-refractivity contribution in [2.75, 3.05) is 0 Å². The third-order valence-corrected chi connectivity index (χ3v) is 10.5. The molecule has 52 heavy (non-hydrogen) atoms. The van der Waals surface area contributed by atoms with Gasteiger partial charge in [0.25, 0.3) is 0 Å². The third kappa shape index (κ3) is 4.28. The molecule has 11 rings (SSSR count). The normalized spacial score (nSPS) is 11.8. The molecule has 4 nitrogen and oxygen atoms in total. The molecular formula is C48H30N4. The minimum absolute atomic E-state index is 0.823. The summed E-state index contributed by atoms with van der Waals surface area (Å²) in [7, 11) is 0. The molecule has 4 heteroatoms. The summed E-state index contributed by atoms with van der Waals surface area (Å²) >= 11 is 0. The largest absolute Gasteiger partial charge is 0.278 e. The summed E-state index contributed by atoms with van der Waals surface area (Å²) < 4.78 is 4.60. The Hall–Kier alpha value is -7.04. The molecule has 242 valence electrons. The van der Waals surface area contributed by atoms with Crippen molar-refractivity contribution >= 4 is 60.2 Å². The summed E-state index contributed by atoms with van der Waals surface area (Å²) in [6.45, 7) is 0. The third-order valence-electron chi connectivity index (χ3n) is 10.5. The van der Waals surface area contributed by atoms with Gasteiger partial charge in [-0.3, -0.25) is 8.97 Å². The average Bonchev–Trinajstić information content (AvgIpc) is 3.78. The summed E-state index contributed by atoms with van der Waals surface area (Å²) in [6.07, 6.45) is 0. The lowest BCUT2D eigenvalue weighted by Crippen LogP contribution is -2.06. The van der Waals surface area contributed by atoms with Gasteiger partial charge >= 0.3 is 0 Å². The molecule has 0 amide bonds. The standard InChI is InChI=1S/C48H30N4/c1-3-15-31(16-4-1)33-27-34(32-17-5-2-6-18-32)29-35(28-33)40-30-41-37-20-10-13-25-44(37)51(46(41)38-21-8-7-19-36(38)40)48-50-42-23-11-9-22-39(42)47-49-43-24-12-14-26-45(43)52(47)48/h1-30H. The SMILES string of the molecule is c1ccc(-c2cc(-c3ccccc3)cc(-c3cc4c5ccccc5n(-c5nc6ccccc6c6nc7ccccc7n56)c4c4ccccc34)c2)cc1. The van der Waals surface area contributed by atoms with Crippen molar-refractivity contribution in [1.82, 2.24) is 18.9 Å². The first kappa shape index (κ1) is 28.8. The van der Waals surface area contributed by atoms with Gasteiger partial charge in [-0.25, -0.2) is 9.97 Å². The Morgan fingerprint density at radius 3 is 1.60 bits per heavy atom. The lowest BCUT2D eigenvalue weighted by atomic mass is 9.90. The Labute approximate surface area is 299 Å². The molecule has 0 radical (unpaired) electrons. The minimum Gasteiger partial charge on any atom is -0.278 e. The van der Waals surface area contributed by atoms with E-state index in [0.717, 1.165) is 44.6 Å². The number of aromatic nitrogens is 4. The fraction of sp³-hybridized carbons (Fsp3) is 0.